The zero-order valence-electron chi connectivity index (χ0n) is 12.5. The molecule has 0 saturated heterocycles. The SMILES string of the molecule is CC(CN(C)C)Cn1cc[n+](Cc2ccccc2)c1.[Br-]. The summed E-state index contributed by atoms with van der Waals surface area (Å²) < 4.78 is 4.51. The minimum absolute atomic E-state index is 0. The van der Waals surface area contributed by atoms with E-state index in [1.807, 2.05) is 0 Å². The van der Waals surface area contributed by atoms with Crippen molar-refractivity contribution in [3.63, 3.8) is 0 Å². The number of nitrogens with zero attached hydrogens (tertiary/aromatic N) is 3. The molecule has 2 aromatic rings. The van der Waals surface area contributed by atoms with E-state index in [0.29, 0.717) is 5.92 Å². The first kappa shape index (κ1) is 16.9. The Morgan fingerprint density at radius 2 is 1.90 bits per heavy atom. The molecule has 20 heavy (non-hydrogen) atoms. The second-order valence-corrected chi connectivity index (χ2v) is 5.64. The lowest BCUT2D eigenvalue weighted by molar-refractivity contribution is -0.687. The quantitative estimate of drug-likeness (QED) is 0.617. The normalized spacial score (nSPS) is 12.2. The average Bonchev–Trinajstić information content (AvgIpc) is 2.76. The van der Waals surface area contributed by atoms with Crippen LogP contribution in [-0.2, 0) is 13.1 Å². The van der Waals surface area contributed by atoms with Crippen LogP contribution < -0.4 is 21.5 Å². The zero-order valence-corrected chi connectivity index (χ0v) is 14.1. The number of rotatable bonds is 6. The summed E-state index contributed by atoms with van der Waals surface area (Å²) in [5.74, 6) is 0.660. The summed E-state index contributed by atoms with van der Waals surface area (Å²) in [5, 5.41) is 0. The van der Waals surface area contributed by atoms with E-state index in [1.54, 1.807) is 0 Å². The van der Waals surface area contributed by atoms with Crippen LogP contribution >= 0.6 is 0 Å². The lowest BCUT2D eigenvalue weighted by atomic mass is 10.2. The third kappa shape index (κ3) is 5.47. The van der Waals surface area contributed by atoms with E-state index in [1.165, 1.54) is 5.56 Å². The van der Waals surface area contributed by atoms with Gasteiger partial charge in [-0.05, 0) is 19.7 Å². The second-order valence-electron chi connectivity index (χ2n) is 5.64. The molecule has 1 atom stereocenters. The van der Waals surface area contributed by atoms with Crippen LogP contribution in [0.3, 0.4) is 0 Å². The molecule has 1 unspecified atom stereocenters. The first-order valence-corrected chi connectivity index (χ1v) is 6.87. The van der Waals surface area contributed by atoms with Gasteiger partial charge in [-0.1, -0.05) is 37.3 Å². The maximum Gasteiger partial charge on any atom is 0.244 e. The van der Waals surface area contributed by atoms with E-state index < -0.39 is 0 Å². The predicted octanol–water partition coefficient (Wildman–Crippen LogP) is -0.974. The highest BCUT2D eigenvalue weighted by Crippen LogP contribution is 2.02. The van der Waals surface area contributed by atoms with Crippen LogP contribution in [0.2, 0.25) is 0 Å². The summed E-state index contributed by atoms with van der Waals surface area (Å²) in [7, 11) is 4.25. The molecule has 0 aliphatic carbocycles. The Morgan fingerprint density at radius 1 is 1.20 bits per heavy atom. The van der Waals surface area contributed by atoms with Crippen LogP contribution in [0.1, 0.15) is 12.5 Å². The highest BCUT2D eigenvalue weighted by molar-refractivity contribution is 5.13. The number of hydrogen-bond donors (Lipinski definition) is 0. The Kier molecular flexibility index (Phi) is 6.96. The number of halogens is 1. The average molecular weight is 338 g/mol. The van der Waals surface area contributed by atoms with Crippen LogP contribution in [0.5, 0.6) is 0 Å². The van der Waals surface area contributed by atoms with Crippen molar-refractivity contribution in [3.05, 3.63) is 54.6 Å². The highest BCUT2D eigenvalue weighted by atomic mass is 79.9. The van der Waals surface area contributed by atoms with Crippen LogP contribution in [-0.4, -0.2) is 30.1 Å². The maximum absolute atomic E-state index is 2.29. The van der Waals surface area contributed by atoms with E-state index in [0.717, 1.165) is 19.6 Å². The molecule has 0 spiro atoms. The van der Waals surface area contributed by atoms with Gasteiger partial charge in [0, 0.05) is 12.5 Å². The van der Waals surface area contributed by atoms with Crippen molar-refractivity contribution in [2.75, 3.05) is 20.6 Å². The van der Waals surface area contributed by atoms with Crippen molar-refractivity contribution in [3.8, 4) is 0 Å². The van der Waals surface area contributed by atoms with Crippen molar-refractivity contribution in [1.82, 2.24) is 9.47 Å². The van der Waals surface area contributed by atoms with Gasteiger partial charge in [-0.25, -0.2) is 9.13 Å². The highest BCUT2D eigenvalue weighted by Gasteiger charge is 2.10. The lowest BCUT2D eigenvalue weighted by Crippen LogP contribution is -3.00. The van der Waals surface area contributed by atoms with Crippen LogP contribution in [0.4, 0.5) is 0 Å². The van der Waals surface area contributed by atoms with E-state index in [2.05, 4.69) is 84.1 Å². The Morgan fingerprint density at radius 3 is 2.55 bits per heavy atom. The summed E-state index contributed by atoms with van der Waals surface area (Å²) in [6.07, 6.45) is 6.50. The first-order chi connectivity index (χ1) is 9.13. The van der Waals surface area contributed by atoms with E-state index in [9.17, 15) is 0 Å². The molecule has 0 radical (unpaired) electrons. The minimum Gasteiger partial charge on any atom is -1.00 e. The predicted molar refractivity (Wildman–Crippen MR) is 77.9 cm³/mol. The molecular formula is C16H24BrN3. The third-order valence-corrected chi connectivity index (χ3v) is 3.15. The van der Waals surface area contributed by atoms with Gasteiger partial charge in [0.2, 0.25) is 6.33 Å². The smallest absolute Gasteiger partial charge is 0.244 e. The van der Waals surface area contributed by atoms with Gasteiger partial charge in [0.15, 0.2) is 0 Å². The molecule has 0 fully saturated rings. The summed E-state index contributed by atoms with van der Waals surface area (Å²) in [5.41, 5.74) is 1.34. The van der Waals surface area contributed by atoms with Gasteiger partial charge in [-0.2, -0.15) is 0 Å². The van der Waals surface area contributed by atoms with E-state index in [-0.39, 0.29) is 17.0 Å². The molecule has 1 aromatic carbocycles. The summed E-state index contributed by atoms with van der Waals surface area (Å²) >= 11 is 0. The Hall–Kier alpha value is -1.13. The van der Waals surface area contributed by atoms with Crippen LogP contribution in [0, 0.1) is 5.92 Å². The largest absolute Gasteiger partial charge is 1.00 e. The molecule has 0 aliphatic rings. The molecule has 0 aliphatic heterocycles. The molecule has 1 aromatic heterocycles. The van der Waals surface area contributed by atoms with Gasteiger partial charge >= 0.3 is 0 Å². The van der Waals surface area contributed by atoms with E-state index in [4.69, 9.17) is 0 Å². The molecular weight excluding hydrogens is 314 g/mol. The topological polar surface area (TPSA) is 12.1 Å². The van der Waals surface area contributed by atoms with Crippen molar-refractivity contribution in [2.24, 2.45) is 5.92 Å². The lowest BCUT2D eigenvalue weighted by Gasteiger charge is -2.14. The fourth-order valence-corrected chi connectivity index (χ4v) is 2.48. The van der Waals surface area contributed by atoms with Gasteiger partial charge in [0.05, 0.1) is 6.54 Å². The fourth-order valence-electron chi connectivity index (χ4n) is 2.48. The fraction of sp³-hybridized carbons (Fsp3) is 0.438. The zero-order chi connectivity index (χ0) is 13.7. The standard InChI is InChI=1S/C16H24N3.BrH/c1-15(11-17(2)3)12-18-9-10-19(14-18)13-16-7-5-4-6-8-16;/h4-10,14-15H,11-13H2,1-3H3;1H/q+1;/p-1. The monoisotopic (exact) mass is 337 g/mol. The Bertz CT molecular complexity index is 493. The van der Waals surface area contributed by atoms with Crippen LogP contribution in [0.25, 0.3) is 0 Å². The number of benzene rings is 1. The van der Waals surface area contributed by atoms with Crippen molar-refractivity contribution in [2.45, 2.75) is 20.0 Å². The molecule has 1 heterocycles. The third-order valence-electron chi connectivity index (χ3n) is 3.15. The number of imidazole rings is 1. The molecule has 0 bridgehead atoms. The van der Waals surface area contributed by atoms with Gasteiger partial charge < -0.3 is 21.9 Å². The Balaban J connectivity index is 0.00000200. The molecule has 4 heteroatoms. The van der Waals surface area contributed by atoms with Crippen LogP contribution in [0.15, 0.2) is 49.1 Å². The summed E-state index contributed by atoms with van der Waals surface area (Å²) in [4.78, 5) is 2.24. The molecule has 0 N–H and O–H groups in total. The molecule has 2 rings (SSSR count). The molecule has 3 nitrogen and oxygen atoms in total. The van der Waals surface area contributed by atoms with Gasteiger partial charge in [-0.3, -0.25) is 0 Å². The summed E-state index contributed by atoms with van der Waals surface area (Å²) in [6.45, 7) is 5.42. The first-order valence-electron chi connectivity index (χ1n) is 6.87. The minimum atomic E-state index is 0. The maximum atomic E-state index is 2.29. The van der Waals surface area contributed by atoms with Crippen molar-refractivity contribution < 1.29 is 21.5 Å². The Labute approximate surface area is 132 Å². The summed E-state index contributed by atoms with van der Waals surface area (Å²) in [6, 6.07) is 10.6. The molecule has 110 valence electrons. The van der Waals surface area contributed by atoms with Crippen molar-refractivity contribution in [1.29, 1.82) is 0 Å². The number of hydrogen-bond acceptors (Lipinski definition) is 1. The van der Waals surface area contributed by atoms with Gasteiger partial charge in [0.1, 0.15) is 18.9 Å². The number of aromatic nitrogens is 2. The molecule has 0 saturated carbocycles. The second kappa shape index (κ2) is 8.22. The van der Waals surface area contributed by atoms with Crippen molar-refractivity contribution >= 4 is 0 Å². The molecule has 0 amide bonds. The van der Waals surface area contributed by atoms with Gasteiger partial charge in [0.25, 0.3) is 0 Å². The van der Waals surface area contributed by atoms with Gasteiger partial charge in [-0.15, -0.1) is 0 Å². The van der Waals surface area contributed by atoms with E-state index >= 15 is 0 Å².